The van der Waals surface area contributed by atoms with Gasteiger partial charge in [0.1, 0.15) is 11.9 Å². The Balaban J connectivity index is 1.22. The summed E-state index contributed by atoms with van der Waals surface area (Å²) in [7, 11) is 0. The third-order valence-electron chi connectivity index (χ3n) is 7.21. The molecule has 5 rings (SSSR count). The van der Waals surface area contributed by atoms with Crippen molar-refractivity contribution in [2.24, 2.45) is 0 Å². The third kappa shape index (κ3) is 6.43. The van der Waals surface area contributed by atoms with Crippen molar-refractivity contribution in [2.75, 3.05) is 54.4 Å². The summed E-state index contributed by atoms with van der Waals surface area (Å²) in [6.45, 7) is 5.27. The molecular weight excluding hydrogens is 513 g/mol. The number of rotatable bonds is 9. The Morgan fingerprint density at radius 1 is 0.846 bits per heavy atom. The zero-order valence-electron chi connectivity index (χ0n) is 21.7. The number of para-hydroxylation sites is 2. The van der Waals surface area contributed by atoms with Crippen LogP contribution in [0.3, 0.4) is 0 Å². The maximum atomic E-state index is 13.6. The molecule has 39 heavy (non-hydrogen) atoms. The molecule has 1 N–H and O–H groups in total. The fraction of sp³-hybridized carbons (Fsp3) is 0.300. The van der Waals surface area contributed by atoms with Crippen LogP contribution in [-0.4, -0.2) is 72.0 Å². The zero-order chi connectivity index (χ0) is 27.2. The molecule has 3 aromatic carbocycles. The molecule has 0 spiro atoms. The van der Waals surface area contributed by atoms with Crippen LogP contribution < -0.4 is 15.1 Å². The van der Waals surface area contributed by atoms with Crippen molar-refractivity contribution in [3.05, 3.63) is 90.7 Å². The summed E-state index contributed by atoms with van der Waals surface area (Å²) in [5, 5.41) is 3.22. The topological polar surface area (TPSA) is 59.1 Å². The van der Waals surface area contributed by atoms with Gasteiger partial charge in [-0.15, -0.1) is 0 Å². The number of thiocarbonyl (C=S) groups is 1. The van der Waals surface area contributed by atoms with Crippen molar-refractivity contribution in [1.29, 1.82) is 0 Å². The van der Waals surface area contributed by atoms with Crippen LogP contribution in [0.25, 0.3) is 0 Å². The SMILES string of the molecule is O=C(C[C@@H]1C(=O)N(c2ccc(F)cc2)C(=S)N1CCCN1CCN(c2ccccc2)CC1)Nc1ccccc1. The highest BCUT2D eigenvalue weighted by Gasteiger charge is 2.43. The normalized spacial score (nSPS) is 18.1. The van der Waals surface area contributed by atoms with Gasteiger partial charge in [-0.1, -0.05) is 36.4 Å². The number of carbonyl (C=O) groups is 2. The number of carbonyl (C=O) groups excluding carboxylic acids is 2. The summed E-state index contributed by atoms with van der Waals surface area (Å²) >= 11 is 5.74. The van der Waals surface area contributed by atoms with E-state index in [1.165, 1.54) is 34.9 Å². The van der Waals surface area contributed by atoms with E-state index in [1.54, 1.807) is 12.1 Å². The molecular formula is C30H32FN5O2S. The molecule has 2 amide bonds. The maximum Gasteiger partial charge on any atom is 0.256 e. The molecule has 0 radical (unpaired) electrons. The molecule has 0 aromatic heterocycles. The van der Waals surface area contributed by atoms with Crippen molar-refractivity contribution < 1.29 is 14.0 Å². The molecule has 2 aliphatic heterocycles. The first-order chi connectivity index (χ1) is 19.0. The number of anilines is 3. The number of nitrogens with zero attached hydrogens (tertiary/aromatic N) is 4. The van der Waals surface area contributed by atoms with Gasteiger partial charge in [0.2, 0.25) is 5.91 Å². The molecule has 2 aliphatic rings. The zero-order valence-corrected chi connectivity index (χ0v) is 22.5. The molecule has 9 heteroatoms. The number of nitrogens with one attached hydrogen (secondary N) is 1. The van der Waals surface area contributed by atoms with Crippen molar-refractivity contribution in [2.45, 2.75) is 18.9 Å². The summed E-state index contributed by atoms with van der Waals surface area (Å²) in [4.78, 5) is 34.5. The van der Waals surface area contributed by atoms with E-state index < -0.39 is 6.04 Å². The summed E-state index contributed by atoms with van der Waals surface area (Å²) in [5.41, 5.74) is 2.42. The van der Waals surface area contributed by atoms with Crippen LogP contribution in [0.2, 0.25) is 0 Å². The van der Waals surface area contributed by atoms with Gasteiger partial charge in [-0.3, -0.25) is 19.4 Å². The van der Waals surface area contributed by atoms with E-state index in [-0.39, 0.29) is 24.1 Å². The Hall–Kier alpha value is -3.82. The minimum absolute atomic E-state index is 0.0265. The van der Waals surface area contributed by atoms with E-state index >= 15 is 0 Å². The predicted molar refractivity (Wildman–Crippen MR) is 156 cm³/mol. The fourth-order valence-corrected chi connectivity index (χ4v) is 5.57. The highest BCUT2D eigenvalue weighted by molar-refractivity contribution is 7.80. The first kappa shape index (κ1) is 26.8. The van der Waals surface area contributed by atoms with Crippen LogP contribution in [0, 0.1) is 5.82 Å². The number of piperazine rings is 1. The molecule has 0 bridgehead atoms. The number of amides is 2. The van der Waals surface area contributed by atoms with E-state index in [0.29, 0.717) is 23.0 Å². The summed E-state index contributed by atoms with van der Waals surface area (Å²) in [6, 6.07) is 24.6. The van der Waals surface area contributed by atoms with Gasteiger partial charge in [-0.05, 0) is 73.7 Å². The van der Waals surface area contributed by atoms with Crippen LogP contribution in [0.4, 0.5) is 21.5 Å². The van der Waals surface area contributed by atoms with Gasteiger partial charge in [0.15, 0.2) is 5.11 Å². The lowest BCUT2D eigenvalue weighted by molar-refractivity contribution is -0.124. The van der Waals surface area contributed by atoms with Gasteiger partial charge in [0.05, 0.1) is 12.1 Å². The smallest absolute Gasteiger partial charge is 0.256 e. The van der Waals surface area contributed by atoms with Gasteiger partial charge >= 0.3 is 0 Å². The van der Waals surface area contributed by atoms with Gasteiger partial charge in [-0.25, -0.2) is 4.39 Å². The molecule has 7 nitrogen and oxygen atoms in total. The van der Waals surface area contributed by atoms with Crippen molar-refractivity contribution in [3.63, 3.8) is 0 Å². The van der Waals surface area contributed by atoms with E-state index in [2.05, 4.69) is 39.4 Å². The highest BCUT2D eigenvalue weighted by Crippen LogP contribution is 2.28. The van der Waals surface area contributed by atoms with E-state index in [4.69, 9.17) is 12.2 Å². The lowest BCUT2D eigenvalue weighted by atomic mass is 10.1. The maximum absolute atomic E-state index is 13.6. The van der Waals surface area contributed by atoms with Crippen LogP contribution >= 0.6 is 12.2 Å². The number of hydrogen-bond donors (Lipinski definition) is 1. The van der Waals surface area contributed by atoms with E-state index in [0.717, 1.165) is 39.1 Å². The second-order valence-electron chi connectivity index (χ2n) is 9.78. The highest BCUT2D eigenvalue weighted by atomic mass is 32.1. The number of benzene rings is 3. The van der Waals surface area contributed by atoms with Crippen LogP contribution in [-0.2, 0) is 9.59 Å². The van der Waals surface area contributed by atoms with Gasteiger partial charge < -0.3 is 15.1 Å². The van der Waals surface area contributed by atoms with Crippen LogP contribution in [0.5, 0.6) is 0 Å². The van der Waals surface area contributed by atoms with Crippen LogP contribution in [0.15, 0.2) is 84.9 Å². The molecule has 2 fully saturated rings. The number of hydrogen-bond acceptors (Lipinski definition) is 5. The van der Waals surface area contributed by atoms with Crippen molar-refractivity contribution >= 4 is 46.2 Å². The minimum atomic E-state index is -0.721. The number of halogens is 1. The van der Waals surface area contributed by atoms with Crippen molar-refractivity contribution in [1.82, 2.24) is 9.80 Å². The second-order valence-corrected chi connectivity index (χ2v) is 10.1. The molecule has 3 aromatic rings. The molecule has 1 atom stereocenters. The summed E-state index contributed by atoms with van der Waals surface area (Å²) < 4.78 is 13.6. The second kappa shape index (κ2) is 12.4. The largest absolute Gasteiger partial charge is 0.369 e. The molecule has 0 unspecified atom stereocenters. The van der Waals surface area contributed by atoms with Gasteiger partial charge in [-0.2, -0.15) is 0 Å². The standard InChI is InChI=1S/C30H32FN5O2S/c31-23-12-14-26(15-13-23)36-29(38)27(22-28(37)32-24-8-3-1-4-9-24)35(30(36)39)17-7-16-33-18-20-34(21-19-33)25-10-5-2-6-11-25/h1-6,8-15,27H,7,16-22H2,(H,32,37)/t27-/m1/s1. The van der Waals surface area contributed by atoms with Gasteiger partial charge in [0, 0.05) is 44.1 Å². The fourth-order valence-electron chi connectivity index (χ4n) is 5.16. The van der Waals surface area contributed by atoms with Gasteiger partial charge in [0.25, 0.3) is 5.91 Å². The molecule has 202 valence electrons. The Morgan fingerprint density at radius 3 is 2.15 bits per heavy atom. The Labute approximate surface area is 233 Å². The average Bonchev–Trinajstić information content (AvgIpc) is 3.19. The Morgan fingerprint density at radius 2 is 1.49 bits per heavy atom. The monoisotopic (exact) mass is 545 g/mol. The van der Waals surface area contributed by atoms with Crippen LogP contribution in [0.1, 0.15) is 12.8 Å². The third-order valence-corrected chi connectivity index (χ3v) is 7.62. The molecule has 2 saturated heterocycles. The van der Waals surface area contributed by atoms with Crippen molar-refractivity contribution in [3.8, 4) is 0 Å². The first-order valence-corrected chi connectivity index (χ1v) is 13.7. The van der Waals surface area contributed by atoms with E-state index in [9.17, 15) is 14.0 Å². The lowest BCUT2D eigenvalue weighted by Gasteiger charge is -2.36. The first-order valence-electron chi connectivity index (χ1n) is 13.3. The minimum Gasteiger partial charge on any atom is -0.369 e. The Bertz CT molecular complexity index is 1280. The molecule has 2 heterocycles. The summed E-state index contributed by atoms with van der Waals surface area (Å²) in [5.74, 6) is -0.920. The summed E-state index contributed by atoms with van der Waals surface area (Å²) in [6.07, 6.45) is 0.772. The molecule has 0 aliphatic carbocycles. The Kier molecular flexibility index (Phi) is 8.48. The predicted octanol–water partition coefficient (Wildman–Crippen LogP) is 4.37. The quantitative estimate of drug-likeness (QED) is 0.403. The average molecular weight is 546 g/mol. The lowest BCUT2D eigenvalue weighted by Crippen LogP contribution is -2.47. The molecule has 0 saturated carbocycles. The van der Waals surface area contributed by atoms with E-state index in [1.807, 2.05) is 29.2 Å².